The molecule has 1 heterocycles. The number of carbonyl (C=O) groups excluding carboxylic acids is 1. The lowest BCUT2D eigenvalue weighted by atomic mass is 9.98. The second-order valence-corrected chi connectivity index (χ2v) is 12.9. The molecular formula is C41H40O6S. The maximum absolute atomic E-state index is 13.1. The van der Waals surface area contributed by atoms with Gasteiger partial charge in [0.2, 0.25) is 0 Å². The largest absolute Gasteiger partial charge is 0.459 e. The van der Waals surface area contributed by atoms with Crippen molar-refractivity contribution in [2.24, 2.45) is 0 Å². The minimum Gasteiger partial charge on any atom is -0.459 e. The van der Waals surface area contributed by atoms with Gasteiger partial charge in [0.25, 0.3) is 0 Å². The van der Waals surface area contributed by atoms with Gasteiger partial charge in [-0.1, -0.05) is 139 Å². The first-order valence-corrected chi connectivity index (χ1v) is 17.1. The summed E-state index contributed by atoms with van der Waals surface area (Å²) in [6, 6.07) is 47.4. The number of hydrogen-bond donors (Lipinski definition) is 0. The molecule has 5 atom stereocenters. The van der Waals surface area contributed by atoms with E-state index in [1.807, 2.05) is 109 Å². The first kappa shape index (κ1) is 33.7. The van der Waals surface area contributed by atoms with Gasteiger partial charge < -0.3 is 23.7 Å². The second-order valence-electron chi connectivity index (χ2n) is 11.7. The van der Waals surface area contributed by atoms with E-state index in [0.717, 1.165) is 21.6 Å². The van der Waals surface area contributed by atoms with Gasteiger partial charge in [-0.2, -0.15) is 0 Å². The third kappa shape index (κ3) is 9.43. The number of hydrogen-bond acceptors (Lipinski definition) is 7. The van der Waals surface area contributed by atoms with Crippen LogP contribution in [0.2, 0.25) is 0 Å². The van der Waals surface area contributed by atoms with Crippen molar-refractivity contribution < 1.29 is 28.5 Å². The summed E-state index contributed by atoms with van der Waals surface area (Å²) in [5.74, 6) is -0.423. The average molecular weight is 661 g/mol. The molecule has 0 aliphatic carbocycles. The zero-order chi connectivity index (χ0) is 33.0. The molecule has 0 saturated carbocycles. The predicted octanol–water partition coefficient (Wildman–Crippen LogP) is 8.43. The molecule has 1 aliphatic heterocycles. The van der Waals surface area contributed by atoms with Crippen molar-refractivity contribution in [1.82, 2.24) is 0 Å². The predicted molar refractivity (Wildman–Crippen MR) is 187 cm³/mol. The molecule has 0 radical (unpaired) electrons. The van der Waals surface area contributed by atoms with Crippen LogP contribution in [0.1, 0.15) is 32.6 Å². The van der Waals surface area contributed by atoms with E-state index in [-0.39, 0.29) is 6.61 Å². The van der Waals surface area contributed by atoms with Crippen molar-refractivity contribution >= 4 is 17.7 Å². The van der Waals surface area contributed by atoms with Gasteiger partial charge in [-0.05, 0) is 47.9 Å². The molecule has 0 N–H and O–H groups in total. The summed E-state index contributed by atoms with van der Waals surface area (Å²) in [7, 11) is 0. The Kier molecular flexibility index (Phi) is 12.1. The molecule has 6 rings (SSSR count). The van der Waals surface area contributed by atoms with Crippen molar-refractivity contribution in [1.29, 1.82) is 0 Å². The summed E-state index contributed by atoms with van der Waals surface area (Å²) in [6.07, 6.45) is -2.34. The monoisotopic (exact) mass is 660 g/mol. The van der Waals surface area contributed by atoms with Crippen LogP contribution in [0.25, 0.3) is 0 Å². The Morgan fingerprint density at radius 1 is 0.583 bits per heavy atom. The van der Waals surface area contributed by atoms with E-state index < -0.39 is 35.8 Å². The van der Waals surface area contributed by atoms with Crippen molar-refractivity contribution in [3.63, 3.8) is 0 Å². The molecule has 6 nitrogen and oxygen atoms in total. The summed E-state index contributed by atoms with van der Waals surface area (Å²) >= 11 is 1.57. The highest BCUT2D eigenvalue weighted by Gasteiger charge is 2.49. The van der Waals surface area contributed by atoms with E-state index in [1.165, 1.54) is 5.56 Å². The van der Waals surface area contributed by atoms with Crippen LogP contribution in [-0.2, 0) is 43.5 Å². The summed E-state index contributed by atoms with van der Waals surface area (Å²) in [6.45, 7) is 3.08. The van der Waals surface area contributed by atoms with Gasteiger partial charge in [0.05, 0.1) is 25.4 Å². The Bertz CT molecular complexity index is 1670. The molecule has 5 aromatic rings. The first-order chi connectivity index (χ1) is 23.6. The Hall–Kier alpha value is -4.24. The molecule has 0 bridgehead atoms. The smallest absolute Gasteiger partial charge is 0.338 e. The maximum atomic E-state index is 13.1. The van der Waals surface area contributed by atoms with E-state index in [2.05, 4.69) is 31.2 Å². The summed E-state index contributed by atoms with van der Waals surface area (Å²) < 4.78 is 33.0. The summed E-state index contributed by atoms with van der Waals surface area (Å²) in [5, 5.41) is 0. The minimum atomic E-state index is -0.637. The van der Waals surface area contributed by atoms with Gasteiger partial charge in [-0.15, -0.1) is 0 Å². The quantitative estimate of drug-likeness (QED) is 0.111. The lowest BCUT2D eigenvalue weighted by molar-refractivity contribution is -0.251. The molecule has 7 heteroatoms. The molecule has 5 aromatic carbocycles. The zero-order valence-electron chi connectivity index (χ0n) is 26.9. The highest BCUT2D eigenvalue weighted by molar-refractivity contribution is 7.99. The number of esters is 1. The fourth-order valence-corrected chi connectivity index (χ4v) is 6.67. The second kappa shape index (κ2) is 17.2. The molecule has 1 aliphatic rings. The van der Waals surface area contributed by atoms with Gasteiger partial charge in [0.15, 0.2) is 0 Å². The van der Waals surface area contributed by atoms with Crippen LogP contribution in [0.15, 0.2) is 150 Å². The van der Waals surface area contributed by atoms with Gasteiger partial charge in [-0.25, -0.2) is 4.79 Å². The molecule has 246 valence electrons. The standard InChI is InChI=1S/C41H40O6S/c1-30-22-24-35(25-23-30)48-41-39(45-28-33-18-10-4-11-19-33)38(44-27-32-16-8-3-9-17-32)37(43-26-31-14-6-2-7-15-31)36(47-41)29-46-40(42)34-20-12-5-13-21-34/h2-25,36-39,41H,26-29H2,1H3/t36-,37+,38+,39-,41+/m1/s1. The fraction of sp³-hybridized carbons (Fsp3) is 0.244. The van der Waals surface area contributed by atoms with E-state index in [1.54, 1.807) is 23.9 Å². The molecule has 1 saturated heterocycles. The van der Waals surface area contributed by atoms with Gasteiger partial charge in [0, 0.05) is 4.90 Å². The highest BCUT2D eigenvalue weighted by atomic mass is 32.2. The van der Waals surface area contributed by atoms with Gasteiger partial charge in [0.1, 0.15) is 36.5 Å². The van der Waals surface area contributed by atoms with Crippen LogP contribution >= 0.6 is 11.8 Å². The van der Waals surface area contributed by atoms with Crippen molar-refractivity contribution in [3.8, 4) is 0 Å². The van der Waals surface area contributed by atoms with E-state index in [9.17, 15) is 4.79 Å². The average Bonchev–Trinajstić information content (AvgIpc) is 3.14. The van der Waals surface area contributed by atoms with E-state index in [0.29, 0.717) is 25.4 Å². The van der Waals surface area contributed by atoms with Crippen molar-refractivity contribution in [2.45, 2.75) is 61.5 Å². The topological polar surface area (TPSA) is 63.2 Å². The minimum absolute atomic E-state index is 0.0191. The van der Waals surface area contributed by atoms with Crippen LogP contribution in [-0.4, -0.2) is 42.4 Å². The van der Waals surface area contributed by atoms with Crippen LogP contribution in [0.5, 0.6) is 0 Å². The summed E-state index contributed by atoms with van der Waals surface area (Å²) in [4.78, 5) is 14.1. The van der Waals surface area contributed by atoms with E-state index >= 15 is 0 Å². The van der Waals surface area contributed by atoms with Crippen LogP contribution in [0.3, 0.4) is 0 Å². The molecule has 0 amide bonds. The van der Waals surface area contributed by atoms with Crippen molar-refractivity contribution in [2.75, 3.05) is 6.61 Å². The molecular weight excluding hydrogens is 621 g/mol. The number of rotatable bonds is 14. The normalized spacial score (nSPS) is 20.6. The molecule has 1 fully saturated rings. The molecule has 48 heavy (non-hydrogen) atoms. The first-order valence-electron chi connectivity index (χ1n) is 16.2. The van der Waals surface area contributed by atoms with Gasteiger partial charge in [-0.3, -0.25) is 0 Å². The number of aryl methyl sites for hydroxylation is 1. The molecule has 0 aromatic heterocycles. The lowest BCUT2D eigenvalue weighted by Crippen LogP contribution is -2.60. The molecule has 0 spiro atoms. The van der Waals surface area contributed by atoms with Crippen molar-refractivity contribution in [3.05, 3.63) is 173 Å². The Morgan fingerprint density at radius 2 is 1.04 bits per heavy atom. The molecule has 0 unspecified atom stereocenters. The highest BCUT2D eigenvalue weighted by Crippen LogP contribution is 2.38. The van der Waals surface area contributed by atoms with Crippen LogP contribution in [0.4, 0.5) is 0 Å². The van der Waals surface area contributed by atoms with Crippen LogP contribution < -0.4 is 0 Å². The fourth-order valence-electron chi connectivity index (χ4n) is 5.54. The third-order valence-electron chi connectivity index (χ3n) is 8.11. The van der Waals surface area contributed by atoms with E-state index in [4.69, 9.17) is 23.7 Å². The number of ether oxygens (including phenoxy) is 5. The zero-order valence-corrected chi connectivity index (χ0v) is 27.7. The SMILES string of the molecule is Cc1ccc(S[C@@H]2O[C@H](COC(=O)c3ccccc3)[C@H](OCc3ccccc3)[C@H](OCc3ccccc3)[C@H]2OCc2ccccc2)cc1. The van der Waals surface area contributed by atoms with Crippen LogP contribution in [0, 0.1) is 6.92 Å². The number of thioether (sulfide) groups is 1. The Balaban J connectivity index is 1.33. The summed E-state index contributed by atoms with van der Waals surface area (Å²) in [5.41, 5.74) is 4.24. The number of benzene rings is 5. The Labute approximate surface area is 287 Å². The maximum Gasteiger partial charge on any atom is 0.338 e. The lowest BCUT2D eigenvalue weighted by Gasteiger charge is -2.45. The van der Waals surface area contributed by atoms with Gasteiger partial charge >= 0.3 is 5.97 Å². The third-order valence-corrected chi connectivity index (χ3v) is 9.26. The Morgan fingerprint density at radius 3 is 1.56 bits per heavy atom. The number of carbonyl (C=O) groups is 1.